The summed E-state index contributed by atoms with van der Waals surface area (Å²) < 4.78 is 8.74. The van der Waals surface area contributed by atoms with E-state index >= 15 is 0 Å². The lowest BCUT2D eigenvalue weighted by molar-refractivity contribution is 0.405. The Morgan fingerprint density at radius 1 is 0.833 bits per heavy atom. The molecule has 5 heteroatoms. The number of hydrogen-bond acceptors (Lipinski definition) is 2. The Labute approximate surface area is 113 Å². The van der Waals surface area contributed by atoms with Gasteiger partial charge in [-0.1, -0.05) is 64.7 Å². The zero-order valence-electron chi connectivity index (χ0n) is 12.1. The van der Waals surface area contributed by atoms with Crippen LogP contribution in [0.3, 0.4) is 0 Å². The molecule has 0 aliphatic heterocycles. The van der Waals surface area contributed by atoms with Crippen LogP contribution in [0, 0.1) is 0 Å². The molecule has 0 bridgehead atoms. The molecule has 0 atom stereocenters. The Morgan fingerprint density at radius 3 is 1.50 bits per heavy atom. The zero-order chi connectivity index (χ0) is 14.1. The summed E-state index contributed by atoms with van der Waals surface area (Å²) in [6.07, 6.45) is 14.3. The molecule has 0 radical (unpaired) electrons. The van der Waals surface area contributed by atoms with Gasteiger partial charge in [-0.3, -0.25) is 4.57 Å². The summed E-state index contributed by atoms with van der Waals surface area (Å²) in [6, 6.07) is 0. The second kappa shape index (κ2) is 19.4. The summed E-state index contributed by atoms with van der Waals surface area (Å²) in [7, 11) is -1.09. The van der Waals surface area contributed by atoms with Crippen molar-refractivity contribution in [3.63, 3.8) is 0 Å². The predicted octanol–water partition coefficient (Wildman–Crippen LogP) is 3.49. The lowest BCUT2D eigenvalue weighted by Gasteiger charge is -2.01. The maximum absolute atomic E-state index is 8.74. The normalized spacial score (nSPS) is 10.3. The molecule has 0 amide bonds. The highest BCUT2D eigenvalue weighted by atomic mass is 31.1. The molecule has 0 aliphatic carbocycles. The number of unbranched alkanes of at least 4 members (excludes halogenated alkanes) is 9. The fourth-order valence-electron chi connectivity index (χ4n) is 1.79. The Kier molecular flexibility index (Phi) is 22.1. The van der Waals surface area contributed by atoms with Gasteiger partial charge in [0.1, 0.15) is 0 Å². The van der Waals surface area contributed by atoms with Crippen molar-refractivity contribution in [3.05, 3.63) is 0 Å². The van der Waals surface area contributed by atoms with Crippen LogP contribution in [-0.4, -0.2) is 23.4 Å². The van der Waals surface area contributed by atoms with Crippen molar-refractivity contribution in [2.24, 2.45) is 0 Å². The standard InChI is InChI=1S/C13H29N.H3O3P/c1-3-4-5-6-7-8-9-10-11-12-13-14-2;1-4(2)3/h14H,3-13H2,1-2H3;4H,(H2,1,2,3). The van der Waals surface area contributed by atoms with Gasteiger partial charge in [0.2, 0.25) is 0 Å². The molecule has 0 spiro atoms. The van der Waals surface area contributed by atoms with Crippen molar-refractivity contribution < 1.29 is 14.4 Å². The largest absolute Gasteiger partial charge is 0.326 e. The molecule has 0 fully saturated rings. The minimum atomic E-state index is -3.13. The average Bonchev–Trinajstić information content (AvgIpc) is 2.31. The first-order valence-corrected chi connectivity index (χ1v) is 8.51. The molecule has 0 aliphatic rings. The third kappa shape index (κ3) is 29.8. The Bertz CT molecular complexity index is 152. The molecule has 0 rings (SSSR count). The molecule has 4 nitrogen and oxygen atoms in total. The highest BCUT2D eigenvalue weighted by molar-refractivity contribution is 7.30. The monoisotopic (exact) mass is 281 g/mol. The van der Waals surface area contributed by atoms with Gasteiger partial charge in [0, 0.05) is 0 Å². The molecule has 0 aromatic carbocycles. The maximum atomic E-state index is 8.74. The van der Waals surface area contributed by atoms with E-state index in [0.717, 1.165) is 0 Å². The van der Waals surface area contributed by atoms with E-state index in [0.29, 0.717) is 0 Å². The third-order valence-corrected chi connectivity index (χ3v) is 2.78. The quantitative estimate of drug-likeness (QED) is 0.400. The van der Waals surface area contributed by atoms with E-state index in [-0.39, 0.29) is 0 Å². The van der Waals surface area contributed by atoms with Gasteiger partial charge < -0.3 is 15.1 Å². The molecule has 18 heavy (non-hydrogen) atoms. The molecule has 0 saturated heterocycles. The Balaban J connectivity index is 0. The second-order valence-electron chi connectivity index (χ2n) is 4.57. The van der Waals surface area contributed by atoms with Crippen molar-refractivity contribution in [3.8, 4) is 0 Å². The molecule has 0 saturated carbocycles. The van der Waals surface area contributed by atoms with Gasteiger partial charge >= 0.3 is 8.25 Å². The first kappa shape index (κ1) is 20.4. The van der Waals surface area contributed by atoms with Crippen LogP contribution in [0.5, 0.6) is 0 Å². The average molecular weight is 281 g/mol. The van der Waals surface area contributed by atoms with E-state index < -0.39 is 8.25 Å². The summed E-state index contributed by atoms with van der Waals surface area (Å²) in [5, 5.41) is 3.19. The molecule has 0 heterocycles. The van der Waals surface area contributed by atoms with Crippen LogP contribution in [0.2, 0.25) is 0 Å². The molecular formula is C13H32NO3P. The van der Waals surface area contributed by atoms with Gasteiger partial charge in [0.15, 0.2) is 0 Å². The van der Waals surface area contributed by atoms with E-state index in [4.69, 9.17) is 14.4 Å². The van der Waals surface area contributed by atoms with Gasteiger partial charge in [-0.15, -0.1) is 0 Å². The van der Waals surface area contributed by atoms with E-state index in [9.17, 15) is 0 Å². The van der Waals surface area contributed by atoms with Crippen LogP contribution < -0.4 is 5.32 Å². The zero-order valence-corrected chi connectivity index (χ0v) is 13.1. The van der Waals surface area contributed by atoms with Crippen molar-refractivity contribution in [1.82, 2.24) is 5.32 Å². The summed E-state index contributed by atoms with van der Waals surface area (Å²) >= 11 is 0. The highest BCUT2D eigenvalue weighted by Crippen LogP contribution is 2.09. The molecule has 112 valence electrons. The smallest absolute Gasteiger partial charge is 0.314 e. The molecule has 0 aromatic rings. The molecule has 0 aromatic heterocycles. The molecule has 0 unspecified atom stereocenters. The van der Waals surface area contributed by atoms with Crippen molar-refractivity contribution in [2.75, 3.05) is 13.6 Å². The van der Waals surface area contributed by atoms with Crippen molar-refractivity contribution >= 4 is 8.25 Å². The van der Waals surface area contributed by atoms with Crippen molar-refractivity contribution in [1.29, 1.82) is 0 Å². The van der Waals surface area contributed by atoms with Crippen LogP contribution in [-0.2, 0) is 4.57 Å². The predicted molar refractivity (Wildman–Crippen MR) is 79.2 cm³/mol. The number of nitrogens with one attached hydrogen (secondary N) is 1. The molecular weight excluding hydrogens is 249 g/mol. The summed E-state index contributed by atoms with van der Waals surface area (Å²) in [4.78, 5) is 14.3. The van der Waals surface area contributed by atoms with E-state index in [2.05, 4.69) is 12.2 Å². The fraction of sp³-hybridized carbons (Fsp3) is 1.00. The highest BCUT2D eigenvalue weighted by Gasteiger charge is 1.91. The first-order chi connectivity index (χ1) is 8.65. The van der Waals surface area contributed by atoms with Crippen molar-refractivity contribution in [2.45, 2.75) is 71.1 Å². The minimum absolute atomic E-state index is 1.19. The molecule has 3 N–H and O–H groups in total. The van der Waals surface area contributed by atoms with E-state index in [1.165, 1.54) is 70.8 Å². The number of rotatable bonds is 11. The van der Waals surface area contributed by atoms with Gasteiger partial charge in [0.25, 0.3) is 0 Å². The SMILES string of the molecule is CCCCCCCCCCCCNC.O=[PH](O)O. The second-order valence-corrected chi connectivity index (χ2v) is 5.13. The maximum Gasteiger partial charge on any atom is 0.314 e. The van der Waals surface area contributed by atoms with Gasteiger partial charge in [-0.25, -0.2) is 0 Å². The number of hydrogen-bond donors (Lipinski definition) is 3. The summed E-state index contributed by atoms with van der Waals surface area (Å²) in [6.45, 7) is 3.47. The van der Waals surface area contributed by atoms with Crippen LogP contribution in [0.4, 0.5) is 0 Å². The van der Waals surface area contributed by atoms with Crippen LogP contribution in [0.25, 0.3) is 0 Å². The lowest BCUT2D eigenvalue weighted by atomic mass is 10.1. The summed E-state index contributed by atoms with van der Waals surface area (Å²) in [5.41, 5.74) is 0. The lowest BCUT2D eigenvalue weighted by Crippen LogP contribution is -2.06. The van der Waals surface area contributed by atoms with E-state index in [1.54, 1.807) is 0 Å². The topological polar surface area (TPSA) is 69.6 Å². The Morgan fingerprint density at radius 2 is 1.17 bits per heavy atom. The van der Waals surface area contributed by atoms with Crippen LogP contribution >= 0.6 is 8.25 Å². The Hall–Kier alpha value is 0.110. The van der Waals surface area contributed by atoms with Crippen LogP contribution in [0.1, 0.15) is 71.1 Å². The van der Waals surface area contributed by atoms with E-state index in [1.807, 2.05) is 7.05 Å². The van der Waals surface area contributed by atoms with Gasteiger partial charge in [0.05, 0.1) is 0 Å². The fourth-order valence-corrected chi connectivity index (χ4v) is 1.79. The van der Waals surface area contributed by atoms with Gasteiger partial charge in [-0.05, 0) is 20.0 Å². The minimum Gasteiger partial charge on any atom is -0.326 e. The van der Waals surface area contributed by atoms with Crippen LogP contribution in [0.15, 0.2) is 0 Å². The summed E-state index contributed by atoms with van der Waals surface area (Å²) in [5.74, 6) is 0. The van der Waals surface area contributed by atoms with Gasteiger partial charge in [-0.2, -0.15) is 0 Å². The first-order valence-electron chi connectivity index (χ1n) is 7.21. The third-order valence-electron chi connectivity index (χ3n) is 2.78.